The Balaban J connectivity index is 0.000000835. The summed E-state index contributed by atoms with van der Waals surface area (Å²) in [5.74, 6) is 1.65. The molecule has 3 rings (SSSR count). The number of aryl methyl sites for hydroxylation is 1. The van der Waals surface area contributed by atoms with E-state index in [1.165, 1.54) is 7.11 Å². The van der Waals surface area contributed by atoms with Crippen molar-refractivity contribution >= 4 is 25.1 Å². The van der Waals surface area contributed by atoms with Gasteiger partial charge in [-0.15, -0.1) is 0 Å². The SMILES string of the molecule is C=O.C=O.CCOc1c(OC)ccc(C)c1C(=O)NO.C\C=C/C(=C\C=C\OC1CCN(C)CC1)c1ccc(OC)c(OC)c1. The van der Waals surface area contributed by atoms with Crippen molar-refractivity contribution in [1.82, 2.24) is 10.4 Å². The van der Waals surface area contributed by atoms with Crippen molar-refractivity contribution in [2.45, 2.75) is 39.7 Å². The third-order valence-corrected chi connectivity index (χ3v) is 6.52. The Kier molecular flexibility index (Phi) is 21.4. The zero-order valence-corrected chi connectivity index (χ0v) is 27.5. The molecule has 2 aromatic carbocycles. The molecule has 0 bridgehead atoms. The first-order valence-corrected chi connectivity index (χ1v) is 14.2. The summed E-state index contributed by atoms with van der Waals surface area (Å²) < 4.78 is 27.0. The first-order chi connectivity index (χ1) is 21.8. The van der Waals surface area contributed by atoms with Gasteiger partial charge in [0.05, 0.1) is 39.8 Å². The van der Waals surface area contributed by atoms with Crippen LogP contribution in [0.2, 0.25) is 0 Å². The van der Waals surface area contributed by atoms with Crippen LogP contribution in [0.4, 0.5) is 0 Å². The van der Waals surface area contributed by atoms with Gasteiger partial charge in [-0.3, -0.25) is 10.0 Å². The molecule has 11 nitrogen and oxygen atoms in total. The Morgan fingerprint density at radius 3 is 2.13 bits per heavy atom. The summed E-state index contributed by atoms with van der Waals surface area (Å²) in [5.41, 5.74) is 4.74. The predicted molar refractivity (Wildman–Crippen MR) is 175 cm³/mol. The second-order valence-corrected chi connectivity index (χ2v) is 9.32. The molecular weight excluding hydrogens is 580 g/mol. The van der Waals surface area contributed by atoms with Crippen LogP contribution in [0.1, 0.15) is 48.2 Å². The fraction of sp³-hybridized carbons (Fsp3) is 0.382. The molecule has 1 saturated heterocycles. The number of methoxy groups -OCH3 is 3. The molecule has 1 aliphatic rings. The molecule has 0 aliphatic carbocycles. The van der Waals surface area contributed by atoms with E-state index in [0.717, 1.165) is 48.6 Å². The smallest absolute Gasteiger partial charge is 0.278 e. The van der Waals surface area contributed by atoms with Crippen LogP contribution < -0.4 is 24.4 Å². The maximum absolute atomic E-state index is 11.5. The fourth-order valence-corrected chi connectivity index (χ4v) is 4.31. The van der Waals surface area contributed by atoms with Crippen LogP contribution in [0.25, 0.3) is 5.57 Å². The Labute approximate surface area is 267 Å². The highest BCUT2D eigenvalue weighted by Gasteiger charge is 2.19. The van der Waals surface area contributed by atoms with E-state index in [1.54, 1.807) is 45.0 Å². The number of rotatable bonds is 11. The quantitative estimate of drug-likeness (QED) is 0.143. The Hall–Kier alpha value is -4.61. The van der Waals surface area contributed by atoms with Gasteiger partial charge < -0.3 is 38.2 Å². The number of likely N-dealkylation sites (tertiary alicyclic amines) is 1. The molecule has 0 aromatic heterocycles. The van der Waals surface area contributed by atoms with E-state index in [4.69, 9.17) is 38.5 Å². The highest BCUT2D eigenvalue weighted by atomic mass is 16.5. The highest BCUT2D eigenvalue weighted by molar-refractivity contribution is 5.98. The standard InChI is InChI=1S/C21H29NO3.C11H15NO4.2CH2O/c1-5-7-17(18-9-10-20(23-3)21(16-18)24-4)8-6-15-25-19-11-13-22(2)14-12-19;1-4-16-10-8(15-3)6-5-7(2)9(10)11(13)12-14;2*1-2/h5-10,15-16,19H,11-14H2,1-4H3;5-6,14H,4H2,1-3H3,(H,12,13);2*1H2/b7-5-,15-6+,17-8+;;;. The summed E-state index contributed by atoms with van der Waals surface area (Å²) in [7, 11) is 6.94. The number of amides is 1. The normalized spacial score (nSPS) is 13.3. The number of hydroxylamine groups is 1. The second-order valence-electron chi connectivity index (χ2n) is 9.32. The average molecular weight is 629 g/mol. The number of piperidine rings is 1. The predicted octanol–water partition coefficient (Wildman–Crippen LogP) is 5.44. The van der Waals surface area contributed by atoms with E-state index in [0.29, 0.717) is 29.8 Å². The minimum atomic E-state index is -0.611. The van der Waals surface area contributed by atoms with Crippen LogP contribution in [0.15, 0.2) is 60.9 Å². The lowest BCUT2D eigenvalue weighted by Crippen LogP contribution is -2.33. The molecule has 0 atom stereocenters. The van der Waals surface area contributed by atoms with Crippen LogP contribution in [-0.4, -0.2) is 83.8 Å². The van der Waals surface area contributed by atoms with Gasteiger partial charge in [-0.2, -0.15) is 0 Å². The number of carbonyl (C=O) groups excluding carboxylic acids is 3. The summed E-state index contributed by atoms with van der Waals surface area (Å²) >= 11 is 0. The molecule has 2 N–H and O–H groups in total. The number of allylic oxidation sites excluding steroid dienone is 5. The molecule has 0 radical (unpaired) electrons. The molecule has 1 fully saturated rings. The lowest BCUT2D eigenvalue weighted by molar-refractivity contribution is -0.0987. The van der Waals surface area contributed by atoms with E-state index in [9.17, 15) is 4.79 Å². The summed E-state index contributed by atoms with van der Waals surface area (Å²) in [4.78, 5) is 29.8. The summed E-state index contributed by atoms with van der Waals surface area (Å²) in [5, 5.41) is 8.67. The van der Waals surface area contributed by atoms with Crippen LogP contribution in [0, 0.1) is 6.92 Å². The van der Waals surface area contributed by atoms with E-state index < -0.39 is 5.91 Å². The highest BCUT2D eigenvalue weighted by Crippen LogP contribution is 2.33. The zero-order chi connectivity index (χ0) is 34.2. The topological polar surface area (TPSA) is 133 Å². The number of ether oxygens (including phenoxy) is 5. The van der Waals surface area contributed by atoms with Crippen LogP contribution >= 0.6 is 0 Å². The molecule has 11 heteroatoms. The Bertz CT molecular complexity index is 1230. The Morgan fingerprint density at radius 1 is 1.00 bits per heavy atom. The maximum Gasteiger partial charge on any atom is 0.278 e. The Morgan fingerprint density at radius 2 is 1.60 bits per heavy atom. The van der Waals surface area contributed by atoms with E-state index >= 15 is 0 Å². The summed E-state index contributed by atoms with van der Waals surface area (Å²) in [6.45, 7) is 12.2. The molecule has 45 heavy (non-hydrogen) atoms. The molecule has 1 amide bonds. The number of hydrogen-bond donors (Lipinski definition) is 2. The van der Waals surface area contributed by atoms with Gasteiger partial charge >= 0.3 is 0 Å². The lowest BCUT2D eigenvalue weighted by Gasteiger charge is -2.28. The zero-order valence-electron chi connectivity index (χ0n) is 27.5. The van der Waals surface area contributed by atoms with E-state index in [-0.39, 0.29) is 5.56 Å². The van der Waals surface area contributed by atoms with Crippen LogP contribution in [-0.2, 0) is 14.3 Å². The fourth-order valence-electron chi connectivity index (χ4n) is 4.31. The molecule has 0 saturated carbocycles. The van der Waals surface area contributed by atoms with Gasteiger partial charge in [0, 0.05) is 13.1 Å². The van der Waals surface area contributed by atoms with Gasteiger partial charge in [-0.1, -0.05) is 30.4 Å². The molecular formula is C34H48N2O9. The average Bonchev–Trinajstić information content (AvgIpc) is 3.08. The molecule has 2 aromatic rings. The third kappa shape index (κ3) is 13.3. The van der Waals surface area contributed by atoms with Crippen molar-refractivity contribution in [2.24, 2.45) is 0 Å². The van der Waals surface area contributed by atoms with E-state index in [1.807, 2.05) is 57.8 Å². The lowest BCUT2D eigenvalue weighted by atomic mass is 10.0. The molecule has 248 valence electrons. The van der Waals surface area contributed by atoms with E-state index in [2.05, 4.69) is 24.1 Å². The summed E-state index contributed by atoms with van der Waals surface area (Å²) in [6.07, 6.45) is 12.4. The summed E-state index contributed by atoms with van der Waals surface area (Å²) in [6, 6.07) is 9.37. The monoisotopic (exact) mass is 628 g/mol. The van der Waals surface area contributed by atoms with Gasteiger partial charge in [-0.05, 0) is 81.6 Å². The molecule has 0 spiro atoms. The van der Waals surface area contributed by atoms with Gasteiger partial charge in [0.25, 0.3) is 5.91 Å². The minimum Gasteiger partial charge on any atom is -0.498 e. The van der Waals surface area contributed by atoms with Crippen LogP contribution in [0.5, 0.6) is 23.0 Å². The molecule has 0 unspecified atom stereocenters. The maximum atomic E-state index is 11.5. The third-order valence-electron chi connectivity index (χ3n) is 6.52. The van der Waals surface area contributed by atoms with Crippen molar-refractivity contribution < 1.29 is 43.3 Å². The van der Waals surface area contributed by atoms with Gasteiger partial charge in [0.15, 0.2) is 23.0 Å². The first kappa shape index (κ1) is 40.4. The van der Waals surface area contributed by atoms with Crippen LogP contribution in [0.3, 0.4) is 0 Å². The number of nitrogens with zero attached hydrogens (tertiary/aromatic N) is 1. The van der Waals surface area contributed by atoms with Gasteiger partial charge in [-0.25, -0.2) is 5.48 Å². The first-order valence-electron chi connectivity index (χ1n) is 14.2. The number of carbonyl (C=O) groups is 3. The number of nitrogens with one attached hydrogen (secondary N) is 1. The largest absolute Gasteiger partial charge is 0.498 e. The van der Waals surface area contributed by atoms with Crippen molar-refractivity contribution in [3.05, 3.63) is 77.6 Å². The van der Waals surface area contributed by atoms with Gasteiger partial charge in [0.1, 0.15) is 19.7 Å². The molecule has 1 heterocycles. The van der Waals surface area contributed by atoms with Crippen molar-refractivity contribution in [3.63, 3.8) is 0 Å². The number of benzene rings is 2. The minimum absolute atomic E-state index is 0.281. The van der Waals surface area contributed by atoms with Crippen molar-refractivity contribution in [3.8, 4) is 23.0 Å². The second kappa shape index (κ2) is 23.8. The van der Waals surface area contributed by atoms with Crippen molar-refractivity contribution in [2.75, 3.05) is 48.1 Å². The van der Waals surface area contributed by atoms with Gasteiger partial charge in [0.2, 0.25) is 0 Å². The van der Waals surface area contributed by atoms with Crippen molar-refractivity contribution in [1.29, 1.82) is 0 Å². The molecule has 1 aliphatic heterocycles. The number of hydrogen-bond acceptors (Lipinski definition) is 10.